The molecule has 0 atom stereocenters. The topological polar surface area (TPSA) is 37.6 Å². The predicted molar refractivity (Wildman–Crippen MR) is 104 cm³/mol. The molecule has 0 N–H and O–H groups in total. The van der Waals surface area contributed by atoms with Crippen molar-refractivity contribution in [2.45, 2.75) is 12.7 Å². The molecule has 0 saturated heterocycles. The van der Waals surface area contributed by atoms with E-state index in [9.17, 15) is 18.0 Å². The third-order valence-corrected chi connectivity index (χ3v) is 4.59. The summed E-state index contributed by atoms with van der Waals surface area (Å²) in [5.41, 5.74) is 1.98. The molecule has 0 spiro atoms. The van der Waals surface area contributed by atoms with Crippen molar-refractivity contribution >= 4 is 17.9 Å². The summed E-state index contributed by atoms with van der Waals surface area (Å²) in [7, 11) is 0. The van der Waals surface area contributed by atoms with Crippen molar-refractivity contribution in [3.63, 3.8) is 0 Å². The molecule has 0 bridgehead atoms. The van der Waals surface area contributed by atoms with Crippen LogP contribution in [-0.2, 0) is 17.5 Å². The Hall–Kier alpha value is -3.61. The lowest BCUT2D eigenvalue weighted by molar-refractivity contribution is -0.137. The highest BCUT2D eigenvalue weighted by Gasteiger charge is 2.30. The highest BCUT2D eigenvalue weighted by atomic mass is 19.4. The summed E-state index contributed by atoms with van der Waals surface area (Å²) in [6.07, 6.45) is -1.93. The van der Waals surface area contributed by atoms with E-state index in [1.165, 1.54) is 17.0 Å². The molecule has 0 aliphatic carbocycles. The molecule has 4 rings (SSSR count). The number of pyridine rings is 1. The van der Waals surface area contributed by atoms with Crippen molar-refractivity contribution in [2.24, 2.45) is 0 Å². The molecule has 0 fully saturated rings. The number of imidazole rings is 1. The Morgan fingerprint density at radius 1 is 0.931 bits per heavy atom. The first kappa shape index (κ1) is 18.7. The van der Waals surface area contributed by atoms with Gasteiger partial charge in [0.05, 0.1) is 12.1 Å². The number of alkyl halides is 3. The summed E-state index contributed by atoms with van der Waals surface area (Å²) in [5, 5.41) is 0. The number of carbonyl (C=O) groups excluding carboxylic acids is 1. The van der Waals surface area contributed by atoms with E-state index in [0.717, 1.165) is 17.7 Å². The lowest BCUT2D eigenvalue weighted by atomic mass is 10.1. The number of fused-ring (bicyclic) bond motifs is 1. The van der Waals surface area contributed by atoms with Crippen molar-refractivity contribution < 1.29 is 18.0 Å². The first-order valence-electron chi connectivity index (χ1n) is 8.88. The molecule has 29 heavy (non-hydrogen) atoms. The molecule has 0 unspecified atom stereocenters. The fourth-order valence-corrected chi connectivity index (χ4v) is 3.20. The van der Waals surface area contributed by atoms with Crippen LogP contribution in [0.3, 0.4) is 0 Å². The maximum absolute atomic E-state index is 12.8. The highest BCUT2D eigenvalue weighted by molar-refractivity contribution is 5.85. The van der Waals surface area contributed by atoms with E-state index in [0.29, 0.717) is 29.1 Å². The minimum atomic E-state index is -4.40. The normalized spacial score (nSPS) is 11.6. The zero-order valence-corrected chi connectivity index (χ0v) is 15.2. The van der Waals surface area contributed by atoms with Crippen molar-refractivity contribution in [3.8, 4) is 11.3 Å². The molecule has 2 heterocycles. The van der Waals surface area contributed by atoms with Crippen LogP contribution in [0.2, 0.25) is 0 Å². The van der Waals surface area contributed by atoms with E-state index in [1.807, 2.05) is 48.5 Å². The molecule has 0 aliphatic rings. The third kappa shape index (κ3) is 3.71. The maximum atomic E-state index is 12.8. The molecule has 0 saturated carbocycles. The number of anilines is 1. The van der Waals surface area contributed by atoms with Gasteiger partial charge in [-0.25, -0.2) is 4.98 Å². The van der Waals surface area contributed by atoms with Gasteiger partial charge < -0.3 is 0 Å². The van der Waals surface area contributed by atoms with E-state index >= 15 is 0 Å². The second kappa shape index (κ2) is 7.43. The maximum Gasteiger partial charge on any atom is 0.416 e. The Kier molecular flexibility index (Phi) is 4.80. The van der Waals surface area contributed by atoms with Gasteiger partial charge in [-0.2, -0.15) is 13.2 Å². The van der Waals surface area contributed by atoms with Crippen molar-refractivity contribution in [1.82, 2.24) is 9.38 Å². The average molecular weight is 395 g/mol. The zero-order chi connectivity index (χ0) is 20.4. The second-order valence-electron chi connectivity index (χ2n) is 6.51. The Morgan fingerprint density at radius 2 is 1.62 bits per heavy atom. The summed E-state index contributed by atoms with van der Waals surface area (Å²) >= 11 is 0. The Morgan fingerprint density at radius 3 is 2.28 bits per heavy atom. The van der Waals surface area contributed by atoms with Crippen LogP contribution >= 0.6 is 0 Å². The number of aromatic nitrogens is 2. The molecule has 2 aromatic carbocycles. The van der Waals surface area contributed by atoms with Gasteiger partial charge in [-0.05, 0) is 29.8 Å². The quantitative estimate of drug-likeness (QED) is 0.437. The summed E-state index contributed by atoms with van der Waals surface area (Å²) in [6, 6.07) is 19.7. The second-order valence-corrected chi connectivity index (χ2v) is 6.51. The first-order chi connectivity index (χ1) is 14.0. The van der Waals surface area contributed by atoms with Gasteiger partial charge in [0.25, 0.3) is 0 Å². The molecule has 146 valence electrons. The van der Waals surface area contributed by atoms with Crippen molar-refractivity contribution in [3.05, 3.63) is 90.1 Å². The number of halogens is 3. The number of nitrogens with zero attached hydrogens (tertiary/aromatic N) is 3. The number of amides is 1. The van der Waals surface area contributed by atoms with Gasteiger partial charge in [0.15, 0.2) is 0 Å². The van der Waals surface area contributed by atoms with Crippen LogP contribution in [0.4, 0.5) is 19.0 Å². The Bertz CT molecular complexity index is 1140. The van der Waals surface area contributed by atoms with E-state index in [1.54, 1.807) is 10.6 Å². The molecular weight excluding hydrogens is 379 g/mol. The predicted octanol–water partition coefficient (Wildman–Crippen LogP) is 5.18. The van der Waals surface area contributed by atoms with Gasteiger partial charge >= 0.3 is 6.18 Å². The van der Waals surface area contributed by atoms with Crippen LogP contribution in [-0.4, -0.2) is 15.8 Å². The van der Waals surface area contributed by atoms with Gasteiger partial charge in [0.1, 0.15) is 17.2 Å². The minimum Gasteiger partial charge on any atom is -0.294 e. The van der Waals surface area contributed by atoms with Gasteiger partial charge in [-0.15, -0.1) is 0 Å². The lowest BCUT2D eigenvalue weighted by Gasteiger charge is -2.19. The lowest BCUT2D eigenvalue weighted by Crippen LogP contribution is -2.22. The van der Waals surface area contributed by atoms with E-state index in [4.69, 9.17) is 0 Å². The van der Waals surface area contributed by atoms with Gasteiger partial charge in [-0.3, -0.25) is 14.1 Å². The molecular formula is C22H16F3N3O. The number of rotatable bonds is 5. The smallest absolute Gasteiger partial charge is 0.294 e. The monoisotopic (exact) mass is 395 g/mol. The molecule has 0 radical (unpaired) electrons. The van der Waals surface area contributed by atoms with E-state index in [2.05, 4.69) is 4.98 Å². The number of carbonyl (C=O) groups is 1. The van der Waals surface area contributed by atoms with Crippen LogP contribution < -0.4 is 4.90 Å². The average Bonchev–Trinajstić information content (AvgIpc) is 3.12. The molecule has 7 heteroatoms. The summed E-state index contributed by atoms with van der Waals surface area (Å²) in [6.45, 7) is 0.115. The van der Waals surface area contributed by atoms with Crippen molar-refractivity contribution in [2.75, 3.05) is 4.90 Å². The zero-order valence-electron chi connectivity index (χ0n) is 15.2. The van der Waals surface area contributed by atoms with E-state index < -0.39 is 11.7 Å². The minimum absolute atomic E-state index is 0.115. The Labute approximate surface area is 164 Å². The summed E-state index contributed by atoms with van der Waals surface area (Å²) < 4.78 is 40.2. The number of hydrogen-bond acceptors (Lipinski definition) is 2. The molecule has 2 aromatic heterocycles. The number of hydrogen-bond donors (Lipinski definition) is 0. The molecule has 0 aliphatic heterocycles. The van der Waals surface area contributed by atoms with Gasteiger partial charge in [0.2, 0.25) is 6.41 Å². The van der Waals surface area contributed by atoms with Crippen LogP contribution in [0, 0.1) is 0 Å². The molecule has 4 aromatic rings. The summed E-state index contributed by atoms with van der Waals surface area (Å²) in [4.78, 5) is 18.1. The largest absolute Gasteiger partial charge is 0.416 e. The third-order valence-electron chi connectivity index (χ3n) is 4.59. The van der Waals surface area contributed by atoms with Crippen LogP contribution in [0.5, 0.6) is 0 Å². The van der Waals surface area contributed by atoms with Gasteiger partial charge in [0, 0.05) is 11.8 Å². The fourth-order valence-electron chi connectivity index (χ4n) is 3.20. The molecule has 4 nitrogen and oxygen atoms in total. The molecule has 1 amide bonds. The number of benzene rings is 2. The van der Waals surface area contributed by atoms with E-state index in [-0.39, 0.29) is 6.54 Å². The SMILES string of the molecule is O=CN(Cc1ccc(C(F)(F)F)cc1)c1c(-c2ccccc2)nc2ccccn12. The van der Waals surface area contributed by atoms with Crippen LogP contribution in [0.1, 0.15) is 11.1 Å². The van der Waals surface area contributed by atoms with Crippen molar-refractivity contribution in [1.29, 1.82) is 0 Å². The van der Waals surface area contributed by atoms with Gasteiger partial charge in [-0.1, -0.05) is 48.5 Å². The van der Waals surface area contributed by atoms with Crippen LogP contribution in [0.15, 0.2) is 79.0 Å². The fraction of sp³-hybridized carbons (Fsp3) is 0.0909. The first-order valence-corrected chi connectivity index (χ1v) is 8.88. The van der Waals surface area contributed by atoms with Crippen LogP contribution in [0.25, 0.3) is 16.9 Å². The highest BCUT2D eigenvalue weighted by Crippen LogP contribution is 2.33. The standard InChI is InChI=1S/C22H16F3N3O/c23-22(24,25)18-11-9-16(10-12-18)14-27(15-29)21-20(17-6-2-1-3-7-17)26-19-8-4-5-13-28(19)21/h1-13,15H,14H2. The Balaban J connectivity index is 1.76. The summed E-state index contributed by atoms with van der Waals surface area (Å²) in [5.74, 6) is 0.557.